The number of aryl methyl sites for hydroxylation is 1. The lowest BCUT2D eigenvalue weighted by atomic mass is 10.2. The monoisotopic (exact) mass is 358 g/mol. The Morgan fingerprint density at radius 2 is 1.88 bits per heavy atom. The van der Waals surface area contributed by atoms with E-state index in [0.29, 0.717) is 10.8 Å². The van der Waals surface area contributed by atoms with Crippen LogP contribution in [-0.4, -0.2) is 28.0 Å². The molecule has 0 saturated heterocycles. The predicted octanol–water partition coefficient (Wildman–Crippen LogP) is 4.07. The maximum Gasteiger partial charge on any atom is 0.261 e. The Hall–Kier alpha value is -2.27. The minimum atomic E-state index is -0.0712. The minimum absolute atomic E-state index is 0.0712. The summed E-state index contributed by atoms with van der Waals surface area (Å²) in [5.41, 5.74) is 1.64. The predicted molar refractivity (Wildman–Crippen MR) is 104 cm³/mol. The quantitative estimate of drug-likeness (QED) is 0.624. The Balaban J connectivity index is 2.15. The van der Waals surface area contributed by atoms with E-state index < -0.39 is 0 Å². The van der Waals surface area contributed by atoms with Gasteiger partial charge in [-0.2, -0.15) is 0 Å². The highest BCUT2D eigenvalue weighted by molar-refractivity contribution is 6.30. The van der Waals surface area contributed by atoms with Crippen LogP contribution in [0.3, 0.4) is 0 Å². The van der Waals surface area contributed by atoms with Gasteiger partial charge in [-0.3, -0.25) is 13.8 Å². The zero-order valence-electron chi connectivity index (χ0n) is 14.9. The first-order valence-electron chi connectivity index (χ1n) is 8.57. The van der Waals surface area contributed by atoms with Crippen LogP contribution in [0.5, 0.6) is 0 Å². The fourth-order valence-corrected chi connectivity index (χ4v) is 3.07. The third-order valence-corrected chi connectivity index (χ3v) is 4.53. The van der Waals surface area contributed by atoms with Crippen LogP contribution < -0.4 is 10.5 Å². The van der Waals surface area contributed by atoms with Gasteiger partial charge in [0.1, 0.15) is 5.82 Å². The maximum atomic E-state index is 12.5. The fraction of sp³-hybridized carbons (Fsp3) is 0.368. The van der Waals surface area contributed by atoms with E-state index >= 15 is 0 Å². The molecule has 2 heterocycles. The molecular formula is C19H23ClN4O. The number of imidazole rings is 1. The van der Waals surface area contributed by atoms with Crippen molar-refractivity contribution >= 4 is 23.2 Å². The molecule has 0 spiro atoms. The lowest BCUT2D eigenvalue weighted by molar-refractivity contribution is 0.600. The highest BCUT2D eigenvalue weighted by Crippen LogP contribution is 2.22. The van der Waals surface area contributed by atoms with Gasteiger partial charge in [0.2, 0.25) is 5.78 Å². The lowest BCUT2D eigenvalue weighted by Crippen LogP contribution is -2.24. The van der Waals surface area contributed by atoms with E-state index in [1.54, 1.807) is 16.7 Å². The standard InChI is InChI=1S/C19H23ClN4O/c1-4-5-6-11-23-17(22(2)3)12-18(25)24-13-16(21-19(23)24)14-7-9-15(20)10-8-14/h7-10,12-13H,4-6,11H2,1-3H3. The van der Waals surface area contributed by atoms with E-state index in [1.165, 1.54) is 0 Å². The number of aromatic nitrogens is 3. The summed E-state index contributed by atoms with van der Waals surface area (Å²) in [4.78, 5) is 19.3. The van der Waals surface area contributed by atoms with Crippen molar-refractivity contribution in [2.75, 3.05) is 19.0 Å². The Kier molecular flexibility index (Phi) is 5.13. The van der Waals surface area contributed by atoms with E-state index in [-0.39, 0.29) is 5.56 Å². The normalized spacial score (nSPS) is 11.2. The van der Waals surface area contributed by atoms with Crippen LogP contribution in [0.1, 0.15) is 26.2 Å². The number of hydrogen-bond acceptors (Lipinski definition) is 3. The minimum Gasteiger partial charge on any atom is -0.364 e. The first-order valence-corrected chi connectivity index (χ1v) is 8.95. The molecule has 3 aromatic rings. The maximum absolute atomic E-state index is 12.5. The Morgan fingerprint density at radius 3 is 2.52 bits per heavy atom. The van der Waals surface area contributed by atoms with Crippen molar-refractivity contribution in [2.45, 2.75) is 32.7 Å². The molecule has 0 unspecified atom stereocenters. The second-order valence-corrected chi connectivity index (χ2v) is 6.83. The van der Waals surface area contributed by atoms with Gasteiger partial charge in [-0.1, -0.05) is 43.5 Å². The Bertz CT molecular complexity index is 925. The molecule has 3 rings (SSSR count). The number of halogens is 1. The molecule has 132 valence electrons. The molecule has 6 heteroatoms. The summed E-state index contributed by atoms with van der Waals surface area (Å²) in [6.45, 7) is 3.02. The second-order valence-electron chi connectivity index (χ2n) is 6.40. The number of unbranched alkanes of at least 4 members (excludes halogenated alkanes) is 2. The summed E-state index contributed by atoms with van der Waals surface area (Å²) in [7, 11) is 3.90. The fourth-order valence-electron chi connectivity index (χ4n) is 2.95. The zero-order valence-corrected chi connectivity index (χ0v) is 15.6. The number of rotatable bonds is 6. The first kappa shape index (κ1) is 17.5. The largest absolute Gasteiger partial charge is 0.364 e. The van der Waals surface area contributed by atoms with Gasteiger partial charge in [0.15, 0.2) is 0 Å². The molecule has 0 radical (unpaired) electrons. The number of benzene rings is 1. The average molecular weight is 359 g/mol. The van der Waals surface area contributed by atoms with Gasteiger partial charge < -0.3 is 4.90 Å². The van der Waals surface area contributed by atoms with Crippen LogP contribution >= 0.6 is 11.6 Å². The molecule has 2 aromatic heterocycles. The molecule has 0 N–H and O–H groups in total. The SMILES string of the molecule is CCCCCn1c(N(C)C)cc(=O)n2cc(-c3ccc(Cl)cc3)nc12. The summed E-state index contributed by atoms with van der Waals surface area (Å²) in [6.07, 6.45) is 5.16. The van der Waals surface area contributed by atoms with Crippen molar-refractivity contribution < 1.29 is 0 Å². The van der Waals surface area contributed by atoms with E-state index in [9.17, 15) is 4.79 Å². The van der Waals surface area contributed by atoms with Gasteiger partial charge in [-0.15, -0.1) is 0 Å². The summed E-state index contributed by atoms with van der Waals surface area (Å²) >= 11 is 5.97. The zero-order chi connectivity index (χ0) is 18.0. The molecule has 0 aliphatic heterocycles. The molecule has 25 heavy (non-hydrogen) atoms. The smallest absolute Gasteiger partial charge is 0.261 e. The summed E-state index contributed by atoms with van der Waals surface area (Å²) < 4.78 is 3.75. The number of hydrogen-bond donors (Lipinski definition) is 0. The van der Waals surface area contributed by atoms with Crippen molar-refractivity contribution in [3.63, 3.8) is 0 Å². The average Bonchev–Trinajstić information content (AvgIpc) is 3.03. The van der Waals surface area contributed by atoms with Crippen molar-refractivity contribution in [2.24, 2.45) is 0 Å². The molecule has 0 amide bonds. The molecular weight excluding hydrogens is 336 g/mol. The third-order valence-electron chi connectivity index (χ3n) is 4.28. The van der Waals surface area contributed by atoms with Gasteiger partial charge >= 0.3 is 0 Å². The van der Waals surface area contributed by atoms with Gasteiger partial charge in [0.25, 0.3) is 5.56 Å². The van der Waals surface area contributed by atoms with Crippen molar-refractivity contribution in [1.82, 2.24) is 14.0 Å². The highest BCUT2D eigenvalue weighted by atomic mass is 35.5. The van der Waals surface area contributed by atoms with Crippen LogP contribution in [0.15, 0.2) is 41.3 Å². The van der Waals surface area contributed by atoms with E-state index in [2.05, 4.69) is 11.5 Å². The Morgan fingerprint density at radius 1 is 1.16 bits per heavy atom. The van der Waals surface area contributed by atoms with Crippen LogP contribution in [0.4, 0.5) is 5.82 Å². The lowest BCUT2D eigenvalue weighted by Gasteiger charge is -2.20. The summed E-state index contributed by atoms with van der Waals surface area (Å²) in [6, 6.07) is 9.18. The van der Waals surface area contributed by atoms with Crippen LogP contribution in [-0.2, 0) is 6.54 Å². The van der Waals surface area contributed by atoms with Crippen molar-refractivity contribution in [3.8, 4) is 11.3 Å². The molecule has 0 atom stereocenters. The molecule has 5 nitrogen and oxygen atoms in total. The van der Waals surface area contributed by atoms with Crippen molar-refractivity contribution in [3.05, 3.63) is 51.9 Å². The number of fused-ring (bicyclic) bond motifs is 1. The summed E-state index contributed by atoms with van der Waals surface area (Å²) in [5.74, 6) is 1.55. The number of anilines is 1. The van der Waals surface area contributed by atoms with Gasteiger partial charge in [0, 0.05) is 43.5 Å². The van der Waals surface area contributed by atoms with Gasteiger partial charge in [-0.25, -0.2) is 4.98 Å². The van der Waals surface area contributed by atoms with E-state index in [4.69, 9.17) is 16.6 Å². The molecule has 0 aliphatic carbocycles. The Labute approximate surface area is 152 Å². The van der Waals surface area contributed by atoms with Gasteiger partial charge in [-0.05, 0) is 18.6 Å². The summed E-state index contributed by atoms with van der Waals surface area (Å²) in [5, 5.41) is 0.682. The molecule has 0 saturated carbocycles. The molecule has 0 fully saturated rings. The molecule has 1 aromatic carbocycles. The van der Waals surface area contributed by atoms with Gasteiger partial charge in [0.05, 0.1) is 5.69 Å². The topological polar surface area (TPSA) is 42.5 Å². The third kappa shape index (κ3) is 3.56. The van der Waals surface area contributed by atoms with Crippen LogP contribution in [0.25, 0.3) is 17.0 Å². The second kappa shape index (κ2) is 7.31. The van der Waals surface area contributed by atoms with Crippen molar-refractivity contribution in [1.29, 1.82) is 0 Å². The molecule has 0 bridgehead atoms. The van der Waals surface area contributed by atoms with E-state index in [1.807, 2.05) is 43.3 Å². The molecule has 0 aliphatic rings. The number of nitrogens with zero attached hydrogens (tertiary/aromatic N) is 4. The van der Waals surface area contributed by atoms with Crippen LogP contribution in [0.2, 0.25) is 5.02 Å². The first-order chi connectivity index (χ1) is 12.0. The van der Waals surface area contributed by atoms with Crippen LogP contribution in [0, 0.1) is 0 Å². The highest BCUT2D eigenvalue weighted by Gasteiger charge is 2.14. The van der Waals surface area contributed by atoms with E-state index in [0.717, 1.165) is 42.9 Å².